The topological polar surface area (TPSA) is 78.4 Å². The van der Waals surface area contributed by atoms with Crippen LogP contribution >= 0.6 is 0 Å². The third kappa shape index (κ3) is 3.98. The molecule has 0 spiro atoms. The van der Waals surface area contributed by atoms with Gasteiger partial charge in [-0.15, -0.1) is 0 Å². The van der Waals surface area contributed by atoms with E-state index in [0.29, 0.717) is 5.69 Å². The first-order valence-electron chi connectivity index (χ1n) is 8.31. The molecule has 7 heteroatoms. The molecule has 3 aromatic carbocycles. The van der Waals surface area contributed by atoms with Gasteiger partial charge in [0, 0.05) is 0 Å². The quantitative estimate of drug-likeness (QED) is 0.572. The molecule has 3 rings (SSSR count). The Morgan fingerprint density at radius 2 is 1.57 bits per heavy atom. The van der Waals surface area contributed by atoms with Crippen LogP contribution in [0.3, 0.4) is 0 Å². The number of carbonyl (C=O) groups is 2. The molecule has 0 heterocycles. The Balaban J connectivity index is 1.74. The predicted octanol–water partition coefficient (Wildman–Crippen LogP) is 4.40. The lowest BCUT2D eigenvalue weighted by atomic mass is 9.98. The van der Waals surface area contributed by atoms with Crippen molar-refractivity contribution < 1.29 is 23.5 Å². The second kappa shape index (κ2) is 7.87. The number of aromatic carboxylic acids is 1. The van der Waals surface area contributed by atoms with E-state index < -0.39 is 29.1 Å². The smallest absolute Gasteiger partial charge is 0.335 e. The van der Waals surface area contributed by atoms with Gasteiger partial charge in [0.1, 0.15) is 17.2 Å². The van der Waals surface area contributed by atoms with E-state index in [2.05, 4.69) is 10.9 Å². The van der Waals surface area contributed by atoms with E-state index in [-0.39, 0.29) is 5.56 Å². The van der Waals surface area contributed by atoms with Crippen LogP contribution in [-0.2, 0) is 0 Å². The number of anilines is 1. The molecule has 1 amide bonds. The summed E-state index contributed by atoms with van der Waals surface area (Å²) in [5.41, 5.74) is 7.30. The maximum absolute atomic E-state index is 13.6. The highest BCUT2D eigenvalue weighted by atomic mass is 19.1. The highest BCUT2D eigenvalue weighted by Gasteiger charge is 2.16. The molecule has 0 fully saturated rings. The van der Waals surface area contributed by atoms with E-state index >= 15 is 0 Å². The molecule has 0 aliphatic rings. The summed E-state index contributed by atoms with van der Waals surface area (Å²) in [6.45, 7) is 1.87. The van der Waals surface area contributed by atoms with Gasteiger partial charge in [-0.25, -0.2) is 13.6 Å². The van der Waals surface area contributed by atoms with Crippen molar-refractivity contribution in [1.82, 2.24) is 5.43 Å². The average molecular weight is 382 g/mol. The molecule has 5 nitrogen and oxygen atoms in total. The van der Waals surface area contributed by atoms with Crippen LogP contribution in [0, 0.1) is 18.6 Å². The number of amides is 1. The molecular weight excluding hydrogens is 366 g/mol. The van der Waals surface area contributed by atoms with Crippen molar-refractivity contribution in [3.05, 3.63) is 89.0 Å². The summed E-state index contributed by atoms with van der Waals surface area (Å²) in [6.07, 6.45) is 0. The third-order valence-corrected chi connectivity index (χ3v) is 4.19. The highest BCUT2D eigenvalue weighted by molar-refractivity contribution is 5.95. The molecule has 142 valence electrons. The van der Waals surface area contributed by atoms with Gasteiger partial charge in [-0.2, -0.15) is 0 Å². The van der Waals surface area contributed by atoms with Gasteiger partial charge in [-0.05, 0) is 60.0 Å². The monoisotopic (exact) mass is 382 g/mol. The zero-order valence-electron chi connectivity index (χ0n) is 14.8. The first-order chi connectivity index (χ1) is 13.4. The number of hydrogen-bond acceptors (Lipinski definition) is 3. The van der Waals surface area contributed by atoms with Crippen molar-refractivity contribution in [2.45, 2.75) is 6.92 Å². The van der Waals surface area contributed by atoms with E-state index in [1.807, 2.05) is 6.92 Å². The summed E-state index contributed by atoms with van der Waals surface area (Å²) in [5, 5.41) is 9.14. The van der Waals surface area contributed by atoms with Crippen LogP contribution in [0.1, 0.15) is 26.3 Å². The van der Waals surface area contributed by atoms with Crippen molar-refractivity contribution in [2.75, 3.05) is 5.43 Å². The molecule has 3 aromatic rings. The van der Waals surface area contributed by atoms with Crippen molar-refractivity contribution in [1.29, 1.82) is 0 Å². The van der Waals surface area contributed by atoms with Crippen LogP contribution in [0.25, 0.3) is 11.1 Å². The van der Waals surface area contributed by atoms with Gasteiger partial charge in [0.15, 0.2) is 0 Å². The van der Waals surface area contributed by atoms with Gasteiger partial charge in [-0.1, -0.05) is 24.3 Å². The molecule has 0 unspecified atom stereocenters. The minimum absolute atomic E-state index is 0.182. The fourth-order valence-electron chi connectivity index (χ4n) is 2.71. The lowest BCUT2D eigenvalue weighted by Gasteiger charge is -2.11. The molecule has 28 heavy (non-hydrogen) atoms. The second-order valence-electron chi connectivity index (χ2n) is 6.09. The van der Waals surface area contributed by atoms with Crippen molar-refractivity contribution in [3.8, 4) is 11.1 Å². The van der Waals surface area contributed by atoms with Crippen LogP contribution < -0.4 is 10.9 Å². The Morgan fingerprint density at radius 1 is 0.929 bits per heavy atom. The minimum atomic E-state index is -1.01. The summed E-state index contributed by atoms with van der Waals surface area (Å²) in [6, 6.07) is 14.8. The molecule has 0 saturated carbocycles. The fraction of sp³-hybridized carbons (Fsp3) is 0.0476. The van der Waals surface area contributed by atoms with Crippen LogP contribution in [0.4, 0.5) is 14.5 Å². The SMILES string of the molecule is Cc1ccc(C(=O)O)cc1-c1ccc(NNC(=O)c2c(F)cccc2F)cc1. The zero-order chi connectivity index (χ0) is 20.3. The van der Waals surface area contributed by atoms with Crippen LogP contribution in [0.15, 0.2) is 60.7 Å². The van der Waals surface area contributed by atoms with E-state index in [1.165, 1.54) is 12.1 Å². The van der Waals surface area contributed by atoms with E-state index in [9.17, 15) is 18.4 Å². The number of aryl methyl sites for hydroxylation is 1. The summed E-state index contributed by atoms with van der Waals surface area (Å²) < 4.78 is 27.2. The maximum Gasteiger partial charge on any atom is 0.335 e. The predicted molar refractivity (Wildman–Crippen MR) is 101 cm³/mol. The Labute approximate surface area is 159 Å². The van der Waals surface area contributed by atoms with Gasteiger partial charge in [-0.3, -0.25) is 15.6 Å². The highest BCUT2D eigenvalue weighted by Crippen LogP contribution is 2.26. The van der Waals surface area contributed by atoms with E-state index in [4.69, 9.17) is 5.11 Å². The Bertz CT molecular complexity index is 1030. The van der Waals surface area contributed by atoms with E-state index in [0.717, 1.165) is 28.8 Å². The molecule has 0 atom stereocenters. The van der Waals surface area contributed by atoms with Gasteiger partial charge >= 0.3 is 5.97 Å². The number of rotatable bonds is 5. The first-order valence-corrected chi connectivity index (χ1v) is 8.31. The molecule has 0 aliphatic heterocycles. The maximum atomic E-state index is 13.6. The van der Waals surface area contributed by atoms with Crippen LogP contribution in [0.2, 0.25) is 0 Å². The summed E-state index contributed by atoms with van der Waals surface area (Å²) >= 11 is 0. The Morgan fingerprint density at radius 3 is 2.18 bits per heavy atom. The van der Waals surface area contributed by atoms with Crippen LogP contribution in [0.5, 0.6) is 0 Å². The number of carbonyl (C=O) groups excluding carboxylic acids is 1. The van der Waals surface area contributed by atoms with Crippen LogP contribution in [-0.4, -0.2) is 17.0 Å². The van der Waals surface area contributed by atoms with Crippen molar-refractivity contribution in [2.24, 2.45) is 0 Å². The fourth-order valence-corrected chi connectivity index (χ4v) is 2.71. The zero-order valence-corrected chi connectivity index (χ0v) is 14.8. The van der Waals surface area contributed by atoms with E-state index in [1.54, 1.807) is 36.4 Å². The Hall–Kier alpha value is -3.74. The summed E-state index contributed by atoms with van der Waals surface area (Å²) in [5.74, 6) is -3.86. The molecule has 0 saturated heterocycles. The van der Waals surface area contributed by atoms with Crippen molar-refractivity contribution >= 4 is 17.6 Å². The largest absolute Gasteiger partial charge is 0.478 e. The summed E-state index contributed by atoms with van der Waals surface area (Å²) in [4.78, 5) is 23.1. The number of halogens is 2. The normalized spacial score (nSPS) is 10.4. The first kappa shape index (κ1) is 19.0. The van der Waals surface area contributed by atoms with Crippen molar-refractivity contribution in [3.63, 3.8) is 0 Å². The molecule has 0 radical (unpaired) electrons. The van der Waals surface area contributed by atoms with Gasteiger partial charge in [0.05, 0.1) is 11.3 Å². The number of hydrazine groups is 1. The molecule has 0 aliphatic carbocycles. The number of carboxylic acids is 1. The molecule has 0 bridgehead atoms. The number of carboxylic acid groups (broad SMARTS) is 1. The number of hydrogen-bond donors (Lipinski definition) is 3. The number of nitrogens with one attached hydrogen (secondary N) is 2. The minimum Gasteiger partial charge on any atom is -0.478 e. The molecule has 0 aromatic heterocycles. The van der Waals surface area contributed by atoms with Gasteiger partial charge < -0.3 is 5.11 Å². The molecular formula is C21H16F2N2O3. The lowest BCUT2D eigenvalue weighted by molar-refractivity contribution is 0.0696. The molecule has 3 N–H and O–H groups in total. The average Bonchev–Trinajstić information content (AvgIpc) is 2.67. The second-order valence-corrected chi connectivity index (χ2v) is 6.09. The lowest BCUT2D eigenvalue weighted by Crippen LogP contribution is -2.30. The van der Waals surface area contributed by atoms with Gasteiger partial charge in [0.25, 0.3) is 5.91 Å². The Kier molecular flexibility index (Phi) is 5.35. The third-order valence-electron chi connectivity index (χ3n) is 4.19. The number of benzene rings is 3. The van der Waals surface area contributed by atoms with Gasteiger partial charge in [0.2, 0.25) is 0 Å². The summed E-state index contributed by atoms with van der Waals surface area (Å²) in [7, 11) is 0. The standard InChI is InChI=1S/C21H16F2N2O3/c1-12-5-6-14(21(27)28)11-16(12)13-7-9-15(10-8-13)24-25-20(26)19-17(22)3-2-4-18(19)23/h2-11,24H,1H3,(H,25,26)(H,27,28).